The molecule has 3 rings (SSSR count). The Morgan fingerprint density at radius 3 is 2.71 bits per heavy atom. The van der Waals surface area contributed by atoms with Crippen LogP contribution in [0.25, 0.3) is 0 Å². The molecule has 0 aromatic rings. The molecule has 4 amide bonds. The van der Waals surface area contributed by atoms with Crippen molar-refractivity contribution in [3.63, 3.8) is 0 Å². The fraction of sp³-hybridized carbons (Fsp3) is 0.786. The van der Waals surface area contributed by atoms with Gasteiger partial charge in [-0.2, -0.15) is 0 Å². The zero-order valence-corrected chi connectivity index (χ0v) is 12.3. The Balaban J connectivity index is 1.65. The minimum atomic E-state index is -0.824. The number of hydrogen-bond donors (Lipinski definition) is 2. The molecular formula is C14H22N4O3. The third-order valence-corrected chi connectivity index (χ3v) is 4.80. The summed E-state index contributed by atoms with van der Waals surface area (Å²) in [4.78, 5) is 39.5. The first-order valence-corrected chi connectivity index (χ1v) is 7.59. The van der Waals surface area contributed by atoms with Crippen LogP contribution >= 0.6 is 0 Å². The van der Waals surface area contributed by atoms with Gasteiger partial charge in [-0.15, -0.1) is 0 Å². The summed E-state index contributed by atoms with van der Waals surface area (Å²) in [5.74, 6) is -0.268. The van der Waals surface area contributed by atoms with Crippen LogP contribution in [0.15, 0.2) is 0 Å². The number of nitrogens with two attached hydrogens (primary N) is 1. The Bertz CT molecular complexity index is 491. The number of amides is 4. The fourth-order valence-electron chi connectivity index (χ4n) is 3.27. The third kappa shape index (κ3) is 2.50. The minimum absolute atomic E-state index is 0.0115. The van der Waals surface area contributed by atoms with E-state index >= 15 is 0 Å². The van der Waals surface area contributed by atoms with Gasteiger partial charge in [0.25, 0.3) is 5.91 Å². The zero-order chi connectivity index (χ0) is 15.2. The SMILES string of the molecule is CC1(C2CC2)NC(=O)N(CC(=O)N2CCCC(N)C2)C1=O. The van der Waals surface area contributed by atoms with E-state index in [1.54, 1.807) is 11.8 Å². The van der Waals surface area contributed by atoms with Crippen LogP contribution in [0.5, 0.6) is 0 Å². The number of rotatable bonds is 3. The van der Waals surface area contributed by atoms with E-state index in [2.05, 4.69) is 5.32 Å². The van der Waals surface area contributed by atoms with E-state index in [4.69, 9.17) is 5.73 Å². The Kier molecular flexibility index (Phi) is 3.39. The van der Waals surface area contributed by atoms with Crippen LogP contribution in [0.1, 0.15) is 32.6 Å². The monoisotopic (exact) mass is 294 g/mol. The zero-order valence-electron chi connectivity index (χ0n) is 12.3. The lowest BCUT2D eigenvalue weighted by Gasteiger charge is -2.31. The van der Waals surface area contributed by atoms with Gasteiger partial charge in [0.2, 0.25) is 5.91 Å². The summed E-state index contributed by atoms with van der Waals surface area (Å²) < 4.78 is 0. The van der Waals surface area contributed by atoms with Gasteiger partial charge in [0.1, 0.15) is 12.1 Å². The first-order valence-electron chi connectivity index (χ1n) is 7.59. The van der Waals surface area contributed by atoms with Crippen LogP contribution in [0.2, 0.25) is 0 Å². The second-order valence-electron chi connectivity index (χ2n) is 6.54. The summed E-state index contributed by atoms with van der Waals surface area (Å²) >= 11 is 0. The van der Waals surface area contributed by atoms with Gasteiger partial charge in [0.05, 0.1) is 0 Å². The van der Waals surface area contributed by atoms with E-state index in [9.17, 15) is 14.4 Å². The lowest BCUT2D eigenvalue weighted by atomic mass is 9.96. The highest BCUT2D eigenvalue weighted by Crippen LogP contribution is 2.42. The molecule has 21 heavy (non-hydrogen) atoms. The van der Waals surface area contributed by atoms with Gasteiger partial charge in [0, 0.05) is 19.1 Å². The van der Waals surface area contributed by atoms with E-state index in [0.29, 0.717) is 13.1 Å². The average Bonchev–Trinajstić information content (AvgIpc) is 3.25. The van der Waals surface area contributed by atoms with Gasteiger partial charge in [0.15, 0.2) is 0 Å². The van der Waals surface area contributed by atoms with Crippen molar-refractivity contribution < 1.29 is 14.4 Å². The molecule has 3 N–H and O–H groups in total. The van der Waals surface area contributed by atoms with Crippen molar-refractivity contribution in [2.45, 2.75) is 44.2 Å². The molecule has 0 aromatic carbocycles. The van der Waals surface area contributed by atoms with Crippen molar-refractivity contribution >= 4 is 17.8 Å². The summed E-state index contributed by atoms with van der Waals surface area (Å²) in [6.45, 7) is 2.73. The highest BCUT2D eigenvalue weighted by Gasteiger charge is 2.56. The lowest BCUT2D eigenvalue weighted by Crippen LogP contribution is -2.50. The normalized spacial score (nSPS) is 33.3. The highest BCUT2D eigenvalue weighted by molar-refractivity contribution is 6.09. The molecule has 0 aromatic heterocycles. The molecule has 3 fully saturated rings. The molecule has 116 valence electrons. The summed E-state index contributed by atoms with van der Waals surface area (Å²) in [6, 6.07) is -0.466. The second-order valence-corrected chi connectivity index (χ2v) is 6.54. The molecule has 0 bridgehead atoms. The number of likely N-dealkylation sites (tertiary alicyclic amines) is 1. The fourth-order valence-corrected chi connectivity index (χ4v) is 3.27. The molecule has 0 radical (unpaired) electrons. The number of nitrogens with one attached hydrogen (secondary N) is 1. The minimum Gasteiger partial charge on any atom is -0.340 e. The average molecular weight is 294 g/mol. The molecular weight excluding hydrogens is 272 g/mol. The number of carbonyl (C=O) groups is 3. The maximum Gasteiger partial charge on any atom is 0.325 e. The van der Waals surface area contributed by atoms with Gasteiger partial charge < -0.3 is 16.0 Å². The number of carbonyl (C=O) groups excluding carboxylic acids is 3. The van der Waals surface area contributed by atoms with Crippen LogP contribution in [0, 0.1) is 5.92 Å². The maximum absolute atomic E-state index is 12.4. The standard InChI is InChI=1S/C14H22N4O3/c1-14(9-4-5-9)12(20)18(13(21)16-14)8-11(19)17-6-2-3-10(15)7-17/h9-10H,2-8,15H2,1H3,(H,16,21). The Hall–Kier alpha value is -1.63. The van der Waals surface area contributed by atoms with E-state index in [1.165, 1.54) is 0 Å². The smallest absolute Gasteiger partial charge is 0.325 e. The van der Waals surface area contributed by atoms with Crippen molar-refractivity contribution in [3.05, 3.63) is 0 Å². The van der Waals surface area contributed by atoms with Crippen LogP contribution in [-0.4, -0.2) is 58.9 Å². The first-order chi connectivity index (χ1) is 9.91. The number of urea groups is 1. The van der Waals surface area contributed by atoms with Crippen LogP contribution in [0.4, 0.5) is 4.79 Å². The number of imide groups is 1. The second kappa shape index (κ2) is 4.98. The third-order valence-electron chi connectivity index (χ3n) is 4.80. The summed E-state index contributed by atoms with van der Waals surface area (Å²) in [5.41, 5.74) is 5.04. The van der Waals surface area contributed by atoms with E-state index in [-0.39, 0.29) is 30.3 Å². The maximum atomic E-state index is 12.4. The van der Waals surface area contributed by atoms with Crippen molar-refractivity contribution in [2.24, 2.45) is 11.7 Å². The molecule has 2 aliphatic heterocycles. The summed E-state index contributed by atoms with van der Waals surface area (Å²) in [5, 5.41) is 2.75. The van der Waals surface area contributed by atoms with Crippen LogP contribution in [-0.2, 0) is 9.59 Å². The Morgan fingerprint density at radius 2 is 2.10 bits per heavy atom. The number of nitrogens with zero attached hydrogens (tertiary/aromatic N) is 2. The van der Waals surface area contributed by atoms with Gasteiger partial charge in [-0.05, 0) is 38.5 Å². The topological polar surface area (TPSA) is 95.7 Å². The molecule has 0 spiro atoms. The van der Waals surface area contributed by atoms with E-state index in [1.807, 2.05) is 0 Å². The van der Waals surface area contributed by atoms with Crippen molar-refractivity contribution in [3.8, 4) is 0 Å². The summed E-state index contributed by atoms with van der Waals surface area (Å²) in [6.07, 6.45) is 3.68. The Morgan fingerprint density at radius 1 is 1.38 bits per heavy atom. The number of piperidine rings is 1. The molecule has 2 atom stereocenters. The van der Waals surface area contributed by atoms with Crippen molar-refractivity contribution in [1.29, 1.82) is 0 Å². The lowest BCUT2D eigenvalue weighted by molar-refractivity contribution is -0.139. The molecule has 7 heteroatoms. The molecule has 7 nitrogen and oxygen atoms in total. The van der Waals surface area contributed by atoms with E-state index < -0.39 is 11.6 Å². The molecule has 2 heterocycles. The van der Waals surface area contributed by atoms with Gasteiger partial charge >= 0.3 is 6.03 Å². The first kappa shape index (κ1) is 14.3. The summed E-state index contributed by atoms with van der Waals surface area (Å²) in [7, 11) is 0. The molecule has 1 saturated carbocycles. The molecule has 2 saturated heterocycles. The van der Waals surface area contributed by atoms with Crippen LogP contribution in [0.3, 0.4) is 0 Å². The predicted molar refractivity (Wildman–Crippen MR) is 75.2 cm³/mol. The quantitative estimate of drug-likeness (QED) is 0.696. The number of hydrogen-bond acceptors (Lipinski definition) is 4. The highest BCUT2D eigenvalue weighted by atomic mass is 16.2. The van der Waals surface area contributed by atoms with Crippen LogP contribution < -0.4 is 11.1 Å². The van der Waals surface area contributed by atoms with E-state index in [0.717, 1.165) is 30.6 Å². The van der Waals surface area contributed by atoms with Crippen molar-refractivity contribution in [1.82, 2.24) is 15.1 Å². The molecule has 1 aliphatic carbocycles. The van der Waals surface area contributed by atoms with Gasteiger partial charge in [-0.3, -0.25) is 14.5 Å². The predicted octanol–water partition coefficient (Wildman–Crippen LogP) is -0.343. The Labute approximate surface area is 123 Å². The molecule has 3 aliphatic rings. The van der Waals surface area contributed by atoms with Gasteiger partial charge in [-0.1, -0.05) is 0 Å². The van der Waals surface area contributed by atoms with Gasteiger partial charge in [-0.25, -0.2) is 4.79 Å². The molecule has 2 unspecified atom stereocenters. The largest absolute Gasteiger partial charge is 0.340 e. The van der Waals surface area contributed by atoms with Crippen molar-refractivity contribution in [2.75, 3.05) is 19.6 Å².